The third-order valence-corrected chi connectivity index (χ3v) is 4.03. The van der Waals surface area contributed by atoms with Crippen LogP contribution in [-0.4, -0.2) is 31.2 Å². The zero-order chi connectivity index (χ0) is 10.5. The third kappa shape index (κ3) is 1.23. The number of allylic oxidation sites excluding steroid dienone is 1. The van der Waals surface area contributed by atoms with E-state index in [1.807, 2.05) is 6.92 Å². The van der Waals surface area contributed by atoms with Crippen LogP contribution in [0.4, 0.5) is 0 Å². The van der Waals surface area contributed by atoms with E-state index in [9.17, 15) is 0 Å². The molecule has 0 radical (unpaired) electrons. The van der Waals surface area contributed by atoms with Crippen LogP contribution >= 0.6 is 0 Å². The molecule has 0 aromatic rings. The van der Waals surface area contributed by atoms with Crippen LogP contribution < -0.4 is 0 Å². The Kier molecular flexibility index (Phi) is 2.00. The highest BCUT2D eigenvalue weighted by molar-refractivity contribution is 5.29. The lowest BCUT2D eigenvalue weighted by atomic mass is 9.81. The minimum Gasteiger partial charge on any atom is -0.370 e. The van der Waals surface area contributed by atoms with Gasteiger partial charge in [0.15, 0.2) is 5.79 Å². The van der Waals surface area contributed by atoms with Crippen LogP contribution in [0.3, 0.4) is 0 Å². The number of hydrogen-bond donors (Lipinski definition) is 0. The largest absolute Gasteiger partial charge is 0.370 e. The molecule has 0 N–H and O–H groups in total. The maximum atomic E-state index is 6.20. The fourth-order valence-electron chi connectivity index (χ4n) is 3.14. The smallest absolute Gasteiger partial charge is 0.169 e. The van der Waals surface area contributed by atoms with E-state index in [1.165, 1.54) is 18.4 Å². The molecule has 2 fully saturated rings. The van der Waals surface area contributed by atoms with Crippen LogP contribution in [0.25, 0.3) is 0 Å². The first-order chi connectivity index (χ1) is 7.19. The summed E-state index contributed by atoms with van der Waals surface area (Å²) in [6, 6.07) is 0. The first-order valence-electron chi connectivity index (χ1n) is 5.75. The van der Waals surface area contributed by atoms with E-state index in [0.717, 1.165) is 19.4 Å². The van der Waals surface area contributed by atoms with Crippen molar-refractivity contribution in [1.29, 1.82) is 0 Å². The van der Waals surface area contributed by atoms with Gasteiger partial charge in [-0.2, -0.15) is 0 Å². The Morgan fingerprint density at radius 3 is 3.20 bits per heavy atom. The average molecular weight is 210 g/mol. The van der Waals surface area contributed by atoms with Crippen LogP contribution in [0.15, 0.2) is 11.6 Å². The van der Waals surface area contributed by atoms with Crippen LogP contribution in [0.2, 0.25) is 0 Å². The number of hydrogen-bond acceptors (Lipinski definition) is 3. The summed E-state index contributed by atoms with van der Waals surface area (Å²) in [6.45, 7) is 2.76. The van der Waals surface area contributed by atoms with Gasteiger partial charge in [0.05, 0.1) is 12.7 Å². The summed E-state index contributed by atoms with van der Waals surface area (Å²) >= 11 is 0. The van der Waals surface area contributed by atoms with E-state index in [2.05, 4.69) is 6.08 Å². The van der Waals surface area contributed by atoms with E-state index in [-0.39, 0.29) is 11.7 Å². The lowest BCUT2D eigenvalue weighted by Gasteiger charge is -2.34. The summed E-state index contributed by atoms with van der Waals surface area (Å²) in [4.78, 5) is 0. The Labute approximate surface area is 90.4 Å². The molecule has 1 aliphatic carbocycles. The van der Waals surface area contributed by atoms with Gasteiger partial charge in [0.1, 0.15) is 5.60 Å². The van der Waals surface area contributed by atoms with Gasteiger partial charge >= 0.3 is 0 Å². The molecular formula is C12H18O3. The summed E-state index contributed by atoms with van der Waals surface area (Å²) in [5.41, 5.74) is 1.20. The van der Waals surface area contributed by atoms with Gasteiger partial charge in [-0.05, 0) is 31.8 Å². The molecule has 3 nitrogen and oxygen atoms in total. The van der Waals surface area contributed by atoms with Gasteiger partial charge in [0, 0.05) is 13.5 Å². The van der Waals surface area contributed by atoms with Crippen molar-refractivity contribution in [2.75, 3.05) is 13.7 Å². The van der Waals surface area contributed by atoms with E-state index in [4.69, 9.17) is 14.2 Å². The van der Waals surface area contributed by atoms with Crippen molar-refractivity contribution in [1.82, 2.24) is 0 Å². The Morgan fingerprint density at radius 2 is 2.40 bits per heavy atom. The van der Waals surface area contributed by atoms with Gasteiger partial charge in [-0.15, -0.1) is 0 Å². The van der Waals surface area contributed by atoms with E-state index in [1.54, 1.807) is 7.11 Å². The minimum atomic E-state index is -0.457. The molecule has 3 heteroatoms. The van der Waals surface area contributed by atoms with Crippen LogP contribution in [0, 0.1) is 0 Å². The van der Waals surface area contributed by atoms with Gasteiger partial charge in [-0.25, -0.2) is 0 Å². The second-order valence-corrected chi connectivity index (χ2v) is 4.95. The molecule has 3 aliphatic rings. The highest BCUT2D eigenvalue weighted by Crippen LogP contribution is 2.52. The molecule has 2 aliphatic heterocycles. The highest BCUT2D eigenvalue weighted by Gasteiger charge is 2.60. The molecule has 1 spiro atoms. The Bertz CT molecular complexity index is 312. The topological polar surface area (TPSA) is 27.7 Å². The third-order valence-electron chi connectivity index (χ3n) is 4.03. The Hall–Kier alpha value is -0.380. The molecule has 15 heavy (non-hydrogen) atoms. The van der Waals surface area contributed by atoms with Gasteiger partial charge in [-0.3, -0.25) is 0 Å². The summed E-state index contributed by atoms with van der Waals surface area (Å²) in [6.07, 6.45) is 6.80. The van der Waals surface area contributed by atoms with E-state index < -0.39 is 5.79 Å². The minimum absolute atomic E-state index is 0.150. The molecule has 2 saturated heterocycles. The molecule has 0 aromatic heterocycles. The molecule has 84 valence electrons. The fourth-order valence-corrected chi connectivity index (χ4v) is 3.14. The summed E-state index contributed by atoms with van der Waals surface area (Å²) < 4.78 is 17.5. The average Bonchev–Trinajstić information content (AvgIpc) is 2.69. The zero-order valence-electron chi connectivity index (χ0n) is 9.41. The lowest BCUT2D eigenvalue weighted by Crippen LogP contribution is -2.40. The summed E-state index contributed by atoms with van der Waals surface area (Å²) in [7, 11) is 1.71. The number of methoxy groups -OCH3 is 1. The summed E-state index contributed by atoms with van der Waals surface area (Å²) in [5, 5.41) is 0. The maximum absolute atomic E-state index is 6.20. The van der Waals surface area contributed by atoms with Crippen molar-refractivity contribution in [2.24, 2.45) is 0 Å². The van der Waals surface area contributed by atoms with Crippen LogP contribution in [0.1, 0.15) is 32.6 Å². The van der Waals surface area contributed by atoms with Crippen molar-refractivity contribution in [2.45, 2.75) is 50.1 Å². The molecule has 0 amide bonds. The van der Waals surface area contributed by atoms with Gasteiger partial charge < -0.3 is 14.2 Å². The first kappa shape index (κ1) is 9.82. The quantitative estimate of drug-likeness (QED) is 0.620. The van der Waals surface area contributed by atoms with Gasteiger partial charge in [-0.1, -0.05) is 6.08 Å². The van der Waals surface area contributed by atoms with Crippen molar-refractivity contribution >= 4 is 0 Å². The predicted octanol–water partition coefficient (Wildman–Crippen LogP) is 2.02. The van der Waals surface area contributed by atoms with Crippen molar-refractivity contribution in [3.05, 3.63) is 11.6 Å². The van der Waals surface area contributed by atoms with E-state index >= 15 is 0 Å². The normalized spacial score (nSPS) is 48.7. The fraction of sp³-hybridized carbons (Fsp3) is 0.833. The zero-order valence-corrected chi connectivity index (χ0v) is 9.41. The second-order valence-electron chi connectivity index (χ2n) is 4.95. The molecule has 0 saturated carbocycles. The van der Waals surface area contributed by atoms with E-state index in [0.29, 0.717) is 0 Å². The van der Waals surface area contributed by atoms with Gasteiger partial charge in [0.25, 0.3) is 0 Å². The first-order valence-corrected chi connectivity index (χ1v) is 5.75. The molecule has 3 rings (SSSR count). The maximum Gasteiger partial charge on any atom is 0.169 e. The standard InChI is InChI=1S/C12H18O3/c1-11(13-2)7-10-12(15-11)6-4-3-5-9(12)8-14-10/h5,10H,3-4,6-8H2,1-2H3/t10-,11?,12?/m0/s1. The van der Waals surface area contributed by atoms with Crippen LogP contribution in [0.5, 0.6) is 0 Å². The highest BCUT2D eigenvalue weighted by atomic mass is 16.7. The van der Waals surface area contributed by atoms with Crippen molar-refractivity contribution in [3.8, 4) is 0 Å². The Balaban J connectivity index is 1.96. The van der Waals surface area contributed by atoms with Crippen molar-refractivity contribution in [3.63, 3.8) is 0 Å². The molecule has 0 bridgehead atoms. The van der Waals surface area contributed by atoms with Gasteiger partial charge in [0.2, 0.25) is 0 Å². The molecular weight excluding hydrogens is 192 g/mol. The Morgan fingerprint density at radius 1 is 1.53 bits per heavy atom. The SMILES string of the molecule is COC1(C)C[C@@H]2OCC3=CCCCC32O1. The van der Waals surface area contributed by atoms with Crippen molar-refractivity contribution < 1.29 is 14.2 Å². The number of rotatable bonds is 1. The number of ether oxygens (including phenoxy) is 3. The summed E-state index contributed by atoms with van der Waals surface area (Å²) in [5.74, 6) is -0.457. The molecule has 2 unspecified atom stereocenters. The second kappa shape index (κ2) is 3.06. The lowest BCUT2D eigenvalue weighted by molar-refractivity contribution is -0.221. The molecule has 3 atom stereocenters. The predicted molar refractivity (Wildman–Crippen MR) is 55.5 cm³/mol. The molecule has 2 heterocycles. The monoisotopic (exact) mass is 210 g/mol. The van der Waals surface area contributed by atoms with Crippen LogP contribution in [-0.2, 0) is 14.2 Å². The molecule has 0 aromatic carbocycles.